The summed E-state index contributed by atoms with van der Waals surface area (Å²) in [6.45, 7) is 9.31. The minimum Gasteiger partial charge on any atom is -0.348 e. The summed E-state index contributed by atoms with van der Waals surface area (Å²) in [6, 6.07) is 16.7. The quantitative estimate of drug-likeness (QED) is 0.767. The fourth-order valence-electron chi connectivity index (χ4n) is 4.40. The minimum absolute atomic E-state index is 0.00254. The predicted octanol–water partition coefficient (Wildman–Crippen LogP) is 2.96. The molecule has 2 saturated heterocycles. The number of rotatable bonds is 7. The first-order valence-corrected chi connectivity index (χ1v) is 11.2. The van der Waals surface area contributed by atoms with Crippen LogP contribution in [0.25, 0.3) is 0 Å². The molecule has 2 aliphatic rings. The molecule has 4 rings (SSSR count). The third-order valence-electron chi connectivity index (χ3n) is 6.24. The average molecular weight is 407 g/mol. The zero-order valence-electron chi connectivity index (χ0n) is 18.1. The summed E-state index contributed by atoms with van der Waals surface area (Å²) >= 11 is 0. The lowest BCUT2D eigenvalue weighted by Crippen LogP contribution is -2.43. The molecule has 30 heavy (non-hydrogen) atoms. The van der Waals surface area contributed by atoms with Gasteiger partial charge >= 0.3 is 0 Å². The fraction of sp³-hybridized carbons (Fsp3) is 0.480. The van der Waals surface area contributed by atoms with Crippen molar-refractivity contribution in [2.24, 2.45) is 0 Å². The molecule has 0 spiro atoms. The Morgan fingerprint density at radius 2 is 1.40 bits per heavy atom. The van der Waals surface area contributed by atoms with E-state index in [9.17, 15) is 4.79 Å². The molecule has 2 aromatic carbocycles. The monoisotopic (exact) mass is 406 g/mol. The number of carbonyl (C=O) groups excluding carboxylic acids is 1. The lowest BCUT2D eigenvalue weighted by atomic mass is 10.1. The number of piperazine rings is 1. The molecule has 5 heteroatoms. The molecular weight excluding hydrogens is 372 g/mol. The summed E-state index contributed by atoms with van der Waals surface area (Å²) in [7, 11) is 2.18. The van der Waals surface area contributed by atoms with Crippen molar-refractivity contribution in [3.8, 4) is 0 Å². The first kappa shape index (κ1) is 21.0. The van der Waals surface area contributed by atoms with Crippen LogP contribution in [0.15, 0.2) is 48.5 Å². The van der Waals surface area contributed by atoms with Crippen molar-refractivity contribution < 1.29 is 4.79 Å². The zero-order chi connectivity index (χ0) is 20.8. The van der Waals surface area contributed by atoms with Crippen LogP contribution in [-0.4, -0.2) is 66.9 Å². The minimum atomic E-state index is 0.00254. The first-order chi connectivity index (χ1) is 14.7. The third-order valence-corrected chi connectivity index (χ3v) is 6.24. The Balaban J connectivity index is 1.30. The van der Waals surface area contributed by atoms with Crippen molar-refractivity contribution in [2.75, 3.05) is 46.3 Å². The van der Waals surface area contributed by atoms with Crippen LogP contribution in [-0.2, 0) is 19.6 Å². The number of nitrogens with one attached hydrogen (secondary N) is 1. The number of hydrogen-bond acceptors (Lipinski definition) is 4. The molecule has 5 nitrogen and oxygen atoms in total. The second kappa shape index (κ2) is 10.2. The molecule has 2 aliphatic heterocycles. The molecule has 0 unspecified atom stereocenters. The van der Waals surface area contributed by atoms with Crippen molar-refractivity contribution in [3.05, 3.63) is 70.8 Å². The van der Waals surface area contributed by atoms with Crippen molar-refractivity contribution in [1.82, 2.24) is 20.0 Å². The Morgan fingerprint density at radius 3 is 2.13 bits per heavy atom. The van der Waals surface area contributed by atoms with Gasteiger partial charge in [-0.15, -0.1) is 0 Å². The highest BCUT2D eigenvalue weighted by atomic mass is 16.1. The normalized spacial score (nSPS) is 18.6. The van der Waals surface area contributed by atoms with Crippen molar-refractivity contribution in [1.29, 1.82) is 0 Å². The molecule has 160 valence electrons. The van der Waals surface area contributed by atoms with E-state index in [2.05, 4.69) is 57.4 Å². The highest BCUT2D eigenvalue weighted by Gasteiger charge is 2.15. The van der Waals surface area contributed by atoms with Gasteiger partial charge in [-0.2, -0.15) is 0 Å². The van der Waals surface area contributed by atoms with E-state index in [0.717, 1.165) is 50.4 Å². The van der Waals surface area contributed by atoms with Crippen LogP contribution in [0.4, 0.5) is 0 Å². The third kappa shape index (κ3) is 5.91. The van der Waals surface area contributed by atoms with Crippen LogP contribution in [0.3, 0.4) is 0 Å². The number of hydrogen-bond donors (Lipinski definition) is 1. The van der Waals surface area contributed by atoms with Crippen LogP contribution in [0, 0.1) is 0 Å². The van der Waals surface area contributed by atoms with Gasteiger partial charge in [0.05, 0.1) is 0 Å². The maximum Gasteiger partial charge on any atom is 0.251 e. The van der Waals surface area contributed by atoms with Crippen LogP contribution in [0.1, 0.15) is 39.9 Å². The van der Waals surface area contributed by atoms with Crippen molar-refractivity contribution >= 4 is 5.91 Å². The van der Waals surface area contributed by atoms with E-state index in [1.54, 1.807) is 0 Å². The Hall–Kier alpha value is -2.21. The molecule has 0 aliphatic carbocycles. The van der Waals surface area contributed by atoms with Gasteiger partial charge in [0.1, 0.15) is 0 Å². The molecule has 0 atom stereocenters. The van der Waals surface area contributed by atoms with Crippen molar-refractivity contribution in [2.45, 2.75) is 32.5 Å². The van der Waals surface area contributed by atoms with E-state index in [1.165, 1.54) is 37.1 Å². The van der Waals surface area contributed by atoms with E-state index in [4.69, 9.17) is 0 Å². The molecule has 0 radical (unpaired) electrons. The largest absolute Gasteiger partial charge is 0.348 e. The number of likely N-dealkylation sites (N-methyl/N-ethyl adjacent to an activating group) is 1. The number of nitrogens with zero attached hydrogens (tertiary/aromatic N) is 3. The Kier molecular flexibility index (Phi) is 7.16. The summed E-state index contributed by atoms with van der Waals surface area (Å²) in [5.74, 6) is 0.00254. The molecular formula is C25H34N4O. The summed E-state index contributed by atoms with van der Waals surface area (Å²) in [6.07, 6.45) is 2.57. The van der Waals surface area contributed by atoms with Gasteiger partial charge in [-0.25, -0.2) is 0 Å². The molecule has 1 N–H and O–H groups in total. The summed E-state index contributed by atoms with van der Waals surface area (Å²) in [5, 5.41) is 3.10. The topological polar surface area (TPSA) is 38.8 Å². The molecule has 0 aromatic heterocycles. The van der Waals surface area contributed by atoms with Gasteiger partial charge in [0, 0.05) is 51.4 Å². The van der Waals surface area contributed by atoms with Gasteiger partial charge in [-0.1, -0.05) is 36.4 Å². The summed E-state index contributed by atoms with van der Waals surface area (Å²) < 4.78 is 0. The Labute approximate surface area is 180 Å². The highest BCUT2D eigenvalue weighted by molar-refractivity contribution is 5.94. The number of amides is 1. The van der Waals surface area contributed by atoms with Gasteiger partial charge in [0.15, 0.2) is 0 Å². The molecule has 1 amide bonds. The molecule has 0 bridgehead atoms. The van der Waals surface area contributed by atoms with Crippen LogP contribution in [0.2, 0.25) is 0 Å². The van der Waals surface area contributed by atoms with Crippen LogP contribution < -0.4 is 5.32 Å². The van der Waals surface area contributed by atoms with Gasteiger partial charge in [0.2, 0.25) is 0 Å². The van der Waals surface area contributed by atoms with Gasteiger partial charge < -0.3 is 10.2 Å². The number of carbonyl (C=O) groups is 1. The smallest absolute Gasteiger partial charge is 0.251 e. The molecule has 2 aromatic rings. The van der Waals surface area contributed by atoms with E-state index < -0.39 is 0 Å². The lowest BCUT2D eigenvalue weighted by molar-refractivity contribution is 0.0950. The average Bonchev–Trinajstić information content (AvgIpc) is 3.27. The second-order valence-corrected chi connectivity index (χ2v) is 8.77. The number of likely N-dealkylation sites (tertiary alicyclic amines) is 1. The van der Waals surface area contributed by atoms with Crippen LogP contribution >= 0.6 is 0 Å². The predicted molar refractivity (Wildman–Crippen MR) is 121 cm³/mol. The summed E-state index contributed by atoms with van der Waals surface area (Å²) in [5.41, 5.74) is 4.45. The molecule has 0 saturated carbocycles. The zero-order valence-corrected chi connectivity index (χ0v) is 18.1. The first-order valence-electron chi connectivity index (χ1n) is 11.2. The Morgan fingerprint density at radius 1 is 0.800 bits per heavy atom. The van der Waals surface area contributed by atoms with E-state index >= 15 is 0 Å². The number of benzene rings is 2. The maximum atomic E-state index is 12.7. The SMILES string of the molecule is CN1CCN(Cc2cccc(CNC(=O)c3cccc(CN4CCCC4)c3)c2)CC1. The highest BCUT2D eigenvalue weighted by Crippen LogP contribution is 2.14. The van der Waals surface area contributed by atoms with Gasteiger partial charge in [0.25, 0.3) is 5.91 Å². The summed E-state index contributed by atoms with van der Waals surface area (Å²) in [4.78, 5) is 20.0. The molecule has 2 fully saturated rings. The standard InChI is InChI=1S/C25H34N4O/c1-27-12-14-29(15-13-27)19-22-7-4-6-21(16-22)18-26-25(30)24-9-5-8-23(17-24)20-28-10-2-3-11-28/h4-9,16-17H,2-3,10-15,18-20H2,1H3,(H,26,30). The van der Waals surface area contributed by atoms with Gasteiger partial charge in [-0.05, 0) is 61.8 Å². The fourth-order valence-corrected chi connectivity index (χ4v) is 4.40. The van der Waals surface area contributed by atoms with Crippen LogP contribution in [0.5, 0.6) is 0 Å². The molecule has 2 heterocycles. The van der Waals surface area contributed by atoms with Gasteiger partial charge in [-0.3, -0.25) is 14.6 Å². The van der Waals surface area contributed by atoms with Crippen molar-refractivity contribution in [3.63, 3.8) is 0 Å². The second-order valence-electron chi connectivity index (χ2n) is 8.77. The lowest BCUT2D eigenvalue weighted by Gasteiger charge is -2.32. The Bertz CT molecular complexity index is 839. The van der Waals surface area contributed by atoms with E-state index in [-0.39, 0.29) is 5.91 Å². The van der Waals surface area contributed by atoms with E-state index in [1.807, 2.05) is 18.2 Å². The van der Waals surface area contributed by atoms with E-state index in [0.29, 0.717) is 6.54 Å². The maximum absolute atomic E-state index is 12.7.